The Morgan fingerprint density at radius 2 is 0.800 bits per heavy atom. The van der Waals surface area contributed by atoms with Crippen LogP contribution < -0.4 is 0 Å². The van der Waals surface area contributed by atoms with E-state index in [9.17, 15) is 8.78 Å². The molecule has 0 rings (SSSR count). The standard InChI is InChI=1S/2C9H19O.2C4H6F3.Sn/c2*1-2-3-4-5-6-7-8-9-10;2*1-2-3(5)4(6)7;/h2*2-9H2,1H3;2*3H,2H2,1H3;/q2*-1;;;+2. The molecule has 9 heteroatoms. The zero-order valence-electron chi connectivity index (χ0n) is 22.5. The average molecular weight is 627 g/mol. The van der Waals surface area contributed by atoms with E-state index in [0.29, 0.717) is 12.8 Å². The van der Waals surface area contributed by atoms with Crippen LogP contribution in [0.4, 0.5) is 26.3 Å². The van der Waals surface area contributed by atoms with E-state index in [1.807, 2.05) is 0 Å². The Labute approximate surface area is 215 Å². The molecule has 0 radical (unpaired) electrons. The molecule has 0 fully saturated rings. The van der Waals surface area contributed by atoms with Crippen molar-refractivity contribution >= 4 is 19.2 Å². The Morgan fingerprint density at radius 3 is 1.09 bits per heavy atom. The van der Waals surface area contributed by atoms with Gasteiger partial charge < -0.3 is 0 Å². The van der Waals surface area contributed by atoms with E-state index in [-0.39, 0.29) is 26.1 Å². The Hall–Kier alpha value is 0.299. The number of halogens is 6. The van der Waals surface area contributed by atoms with Crippen molar-refractivity contribution in [2.75, 3.05) is 13.2 Å². The third-order valence-corrected chi connectivity index (χ3v) is 16.8. The average Bonchev–Trinajstić information content (AvgIpc) is 2.84. The van der Waals surface area contributed by atoms with E-state index in [1.54, 1.807) is 0 Å². The molecule has 0 aromatic rings. The molecule has 0 bridgehead atoms. The molecular weight excluding hydrogens is 577 g/mol. The zero-order chi connectivity index (χ0) is 26.8. The maximum atomic E-state index is 15.4. The van der Waals surface area contributed by atoms with Crippen molar-refractivity contribution in [1.82, 2.24) is 0 Å². The van der Waals surface area contributed by atoms with Gasteiger partial charge in [0.05, 0.1) is 0 Å². The minimum absolute atomic E-state index is 0.282. The van der Waals surface area contributed by atoms with Crippen molar-refractivity contribution in [1.29, 1.82) is 0 Å². The van der Waals surface area contributed by atoms with E-state index in [2.05, 4.69) is 13.8 Å². The third-order valence-electron chi connectivity index (χ3n) is 6.49. The quantitative estimate of drug-likeness (QED) is 0.0603. The van der Waals surface area contributed by atoms with Gasteiger partial charge in [-0.3, -0.25) is 0 Å². The second kappa shape index (κ2) is 19.4. The molecule has 0 aromatic carbocycles. The van der Waals surface area contributed by atoms with Gasteiger partial charge in [0.2, 0.25) is 0 Å². The van der Waals surface area contributed by atoms with Crippen LogP contribution in [0.25, 0.3) is 0 Å². The van der Waals surface area contributed by atoms with Gasteiger partial charge >= 0.3 is 216 Å². The summed E-state index contributed by atoms with van der Waals surface area (Å²) in [6.07, 6.45) is 4.82. The van der Waals surface area contributed by atoms with Gasteiger partial charge in [-0.2, -0.15) is 0 Å². The molecule has 212 valence electrons. The topological polar surface area (TPSA) is 18.5 Å². The molecule has 0 amide bonds. The summed E-state index contributed by atoms with van der Waals surface area (Å²) in [5.41, 5.74) is 0. The SMILES string of the molecule is CCCCCCCCC[O][Sn]([O]CCCCCCCCC)([C](F)(F)C(F)CC)[C](F)(F)C(F)CC. The van der Waals surface area contributed by atoms with Crippen LogP contribution in [0.5, 0.6) is 0 Å². The van der Waals surface area contributed by atoms with Crippen LogP contribution in [0.3, 0.4) is 0 Å². The van der Waals surface area contributed by atoms with E-state index in [4.69, 9.17) is 6.15 Å². The molecule has 0 saturated heterocycles. The van der Waals surface area contributed by atoms with Crippen molar-refractivity contribution in [2.24, 2.45) is 0 Å². The maximum absolute atomic E-state index is 15.4. The summed E-state index contributed by atoms with van der Waals surface area (Å²) in [4.78, 5) is 0. The number of rotatable bonds is 24. The number of hydrogen-bond acceptors (Lipinski definition) is 2. The first kappa shape index (κ1) is 35.3. The molecule has 0 aliphatic carbocycles. The van der Waals surface area contributed by atoms with Crippen molar-refractivity contribution in [3.8, 4) is 0 Å². The predicted molar refractivity (Wildman–Crippen MR) is 134 cm³/mol. The molecule has 0 spiro atoms. The molecule has 0 aliphatic heterocycles. The predicted octanol–water partition coefficient (Wildman–Crippen LogP) is 9.81. The summed E-state index contributed by atoms with van der Waals surface area (Å²) in [6, 6.07) is 0. The van der Waals surface area contributed by atoms with Crippen molar-refractivity contribution in [3.63, 3.8) is 0 Å². The van der Waals surface area contributed by atoms with Gasteiger partial charge in [0.15, 0.2) is 0 Å². The van der Waals surface area contributed by atoms with Crippen molar-refractivity contribution < 1.29 is 32.5 Å². The fourth-order valence-electron chi connectivity index (χ4n) is 4.12. The number of hydrogen-bond donors (Lipinski definition) is 0. The Kier molecular flexibility index (Phi) is 19.5. The third kappa shape index (κ3) is 11.3. The monoisotopic (exact) mass is 628 g/mol. The second-order valence-electron chi connectivity index (χ2n) is 9.55. The van der Waals surface area contributed by atoms with E-state index < -0.39 is 52.3 Å². The van der Waals surface area contributed by atoms with E-state index in [1.165, 1.54) is 0 Å². The Morgan fingerprint density at radius 1 is 0.514 bits per heavy atom. The fraction of sp³-hybridized carbons (Fsp3) is 1.00. The molecule has 0 N–H and O–H groups in total. The van der Waals surface area contributed by atoms with Crippen LogP contribution in [0, 0.1) is 0 Å². The zero-order valence-corrected chi connectivity index (χ0v) is 25.3. The molecular formula is C26H50F6O2Sn. The van der Waals surface area contributed by atoms with Crippen LogP contribution in [0.2, 0.25) is 0 Å². The molecule has 2 unspecified atom stereocenters. The molecule has 0 heterocycles. The summed E-state index contributed by atoms with van der Waals surface area (Å²) < 4.78 is 92.1. The number of unbranched alkanes of at least 4 members (excludes halogenated alkanes) is 12. The van der Waals surface area contributed by atoms with Gasteiger partial charge in [-0.05, 0) is 0 Å². The van der Waals surface area contributed by atoms with Crippen molar-refractivity contribution in [2.45, 2.75) is 151 Å². The normalized spacial score (nSPS) is 14.9. The summed E-state index contributed by atoms with van der Waals surface area (Å²) in [6.45, 7) is 5.73. The van der Waals surface area contributed by atoms with Crippen LogP contribution in [-0.2, 0) is 6.15 Å². The van der Waals surface area contributed by atoms with Gasteiger partial charge in [-0.1, -0.05) is 0 Å². The second-order valence-corrected chi connectivity index (χ2v) is 18.5. The first-order chi connectivity index (χ1) is 16.6. The van der Waals surface area contributed by atoms with Crippen LogP contribution in [0.1, 0.15) is 130 Å². The van der Waals surface area contributed by atoms with Gasteiger partial charge in [-0.15, -0.1) is 0 Å². The first-order valence-corrected chi connectivity index (χ1v) is 19.1. The summed E-state index contributed by atoms with van der Waals surface area (Å²) in [7, 11) is 0. The molecule has 2 nitrogen and oxygen atoms in total. The van der Waals surface area contributed by atoms with Gasteiger partial charge in [0.1, 0.15) is 0 Å². The molecule has 0 aromatic heterocycles. The van der Waals surface area contributed by atoms with Crippen LogP contribution in [0.15, 0.2) is 0 Å². The molecule has 35 heavy (non-hydrogen) atoms. The van der Waals surface area contributed by atoms with E-state index in [0.717, 1.165) is 78.1 Å². The van der Waals surface area contributed by atoms with Gasteiger partial charge in [0.25, 0.3) is 0 Å². The van der Waals surface area contributed by atoms with Crippen LogP contribution in [-0.4, -0.2) is 52.6 Å². The minimum atomic E-state index is -7.03. The Balaban J connectivity index is 5.50. The molecule has 0 saturated carbocycles. The van der Waals surface area contributed by atoms with Gasteiger partial charge in [0, 0.05) is 0 Å². The number of alkyl halides is 6. The van der Waals surface area contributed by atoms with Crippen LogP contribution >= 0.6 is 0 Å². The fourth-order valence-corrected chi connectivity index (χ4v) is 13.8. The molecule has 0 aliphatic rings. The summed E-state index contributed by atoms with van der Waals surface area (Å²) >= 11 is -7.03. The summed E-state index contributed by atoms with van der Waals surface area (Å²) in [5, 5.41) is 0. The Bertz CT molecular complexity index is 466. The van der Waals surface area contributed by atoms with E-state index >= 15 is 17.6 Å². The first-order valence-electron chi connectivity index (χ1n) is 13.9. The molecule has 2 atom stereocenters. The van der Waals surface area contributed by atoms with Crippen molar-refractivity contribution in [3.05, 3.63) is 0 Å². The van der Waals surface area contributed by atoms with Gasteiger partial charge in [-0.25, -0.2) is 0 Å². The summed E-state index contributed by atoms with van der Waals surface area (Å²) in [5.74, 6) is 0.